The second-order valence-corrected chi connectivity index (χ2v) is 5.87. The van der Waals surface area contributed by atoms with Crippen molar-refractivity contribution in [1.29, 1.82) is 0 Å². The number of hydrogen-bond donors (Lipinski definition) is 0. The Bertz CT molecular complexity index is 337. The summed E-state index contributed by atoms with van der Waals surface area (Å²) in [5.74, 6) is 0. The summed E-state index contributed by atoms with van der Waals surface area (Å²) in [5, 5.41) is 3.63. The van der Waals surface area contributed by atoms with Gasteiger partial charge >= 0.3 is 0 Å². The van der Waals surface area contributed by atoms with Gasteiger partial charge < -0.3 is 4.90 Å². The van der Waals surface area contributed by atoms with Crippen LogP contribution >= 0.6 is 22.9 Å². The molecule has 0 aliphatic carbocycles. The molecule has 2 nitrogen and oxygen atoms in total. The van der Waals surface area contributed by atoms with Gasteiger partial charge in [0.15, 0.2) is 5.13 Å². The summed E-state index contributed by atoms with van der Waals surface area (Å²) < 4.78 is 0. The number of aromatic nitrogens is 1. The molecular formula is C12H19ClN2S. The fourth-order valence-electron chi connectivity index (χ4n) is 2.52. The second-order valence-electron chi connectivity index (χ2n) is 4.65. The number of halogens is 1. The van der Waals surface area contributed by atoms with Gasteiger partial charge in [0.1, 0.15) is 5.15 Å². The monoisotopic (exact) mass is 258 g/mol. The van der Waals surface area contributed by atoms with E-state index in [0.29, 0.717) is 10.6 Å². The third-order valence-electron chi connectivity index (χ3n) is 4.06. The van der Waals surface area contributed by atoms with Gasteiger partial charge in [-0.15, -0.1) is 11.3 Å². The van der Waals surface area contributed by atoms with Crippen molar-refractivity contribution < 1.29 is 0 Å². The highest BCUT2D eigenvalue weighted by Crippen LogP contribution is 2.39. The molecule has 1 aromatic heterocycles. The number of nitrogens with zero attached hydrogens (tertiary/aromatic N) is 2. The van der Waals surface area contributed by atoms with Crippen LogP contribution in [0.4, 0.5) is 5.13 Å². The normalized spacial score (nSPS) is 20.1. The molecule has 0 amide bonds. The molecule has 1 fully saturated rings. The predicted octanol–water partition coefficient (Wildman–Crippen LogP) is 4.20. The molecular weight excluding hydrogens is 240 g/mol. The van der Waals surface area contributed by atoms with Crippen molar-refractivity contribution in [1.82, 2.24) is 4.98 Å². The smallest absolute Gasteiger partial charge is 0.186 e. The predicted molar refractivity (Wildman–Crippen MR) is 71.6 cm³/mol. The van der Waals surface area contributed by atoms with Crippen LogP contribution in [0, 0.1) is 5.41 Å². The van der Waals surface area contributed by atoms with E-state index in [0.717, 1.165) is 18.2 Å². The lowest BCUT2D eigenvalue weighted by Gasteiger charge is -2.40. The molecule has 0 saturated carbocycles. The van der Waals surface area contributed by atoms with Gasteiger partial charge in [0.25, 0.3) is 0 Å². The summed E-state index contributed by atoms with van der Waals surface area (Å²) >= 11 is 7.52. The van der Waals surface area contributed by atoms with Crippen molar-refractivity contribution in [2.24, 2.45) is 5.41 Å². The van der Waals surface area contributed by atoms with Crippen molar-refractivity contribution >= 4 is 28.1 Å². The average molecular weight is 259 g/mol. The third-order valence-corrected chi connectivity index (χ3v) is 5.28. The van der Waals surface area contributed by atoms with Crippen molar-refractivity contribution in [3.8, 4) is 0 Å². The maximum Gasteiger partial charge on any atom is 0.186 e. The second kappa shape index (κ2) is 4.92. The summed E-state index contributed by atoms with van der Waals surface area (Å²) in [6.45, 7) is 6.90. The first-order chi connectivity index (χ1) is 7.69. The first kappa shape index (κ1) is 12.2. The minimum absolute atomic E-state index is 0.581. The highest BCUT2D eigenvalue weighted by molar-refractivity contribution is 7.14. The number of hydrogen-bond acceptors (Lipinski definition) is 3. The van der Waals surface area contributed by atoms with E-state index in [9.17, 15) is 0 Å². The molecule has 0 bridgehead atoms. The van der Waals surface area contributed by atoms with Crippen LogP contribution in [0.25, 0.3) is 0 Å². The van der Waals surface area contributed by atoms with Crippen molar-refractivity contribution in [3.63, 3.8) is 0 Å². The lowest BCUT2D eigenvalue weighted by atomic mass is 9.74. The van der Waals surface area contributed by atoms with Crippen LogP contribution in [0.3, 0.4) is 0 Å². The largest absolute Gasteiger partial charge is 0.348 e. The highest BCUT2D eigenvalue weighted by atomic mass is 35.5. The van der Waals surface area contributed by atoms with Crippen molar-refractivity contribution in [3.05, 3.63) is 10.5 Å². The molecule has 0 unspecified atom stereocenters. The van der Waals surface area contributed by atoms with E-state index in [1.165, 1.54) is 25.7 Å². The summed E-state index contributed by atoms with van der Waals surface area (Å²) in [6.07, 6.45) is 5.18. The zero-order valence-electron chi connectivity index (χ0n) is 10.0. The van der Waals surface area contributed by atoms with E-state index in [4.69, 9.17) is 11.6 Å². The van der Waals surface area contributed by atoms with E-state index < -0.39 is 0 Å². The summed E-state index contributed by atoms with van der Waals surface area (Å²) in [6, 6.07) is 0. The van der Waals surface area contributed by atoms with Gasteiger partial charge in [-0.1, -0.05) is 38.3 Å². The molecule has 1 aliphatic rings. The summed E-state index contributed by atoms with van der Waals surface area (Å²) in [7, 11) is 0. The van der Waals surface area contributed by atoms with Gasteiger partial charge in [0, 0.05) is 18.5 Å². The van der Waals surface area contributed by atoms with Crippen LogP contribution in [-0.4, -0.2) is 18.1 Å². The Morgan fingerprint density at radius 3 is 2.44 bits per heavy atom. The van der Waals surface area contributed by atoms with Gasteiger partial charge in [-0.2, -0.15) is 0 Å². The molecule has 1 aromatic rings. The quantitative estimate of drug-likeness (QED) is 0.808. The zero-order valence-corrected chi connectivity index (χ0v) is 11.6. The van der Waals surface area contributed by atoms with Crippen LogP contribution in [0.2, 0.25) is 5.15 Å². The van der Waals surface area contributed by atoms with E-state index in [1.807, 2.05) is 5.38 Å². The Labute approximate surface area is 107 Å². The summed E-state index contributed by atoms with van der Waals surface area (Å²) in [4.78, 5) is 6.72. The molecule has 4 heteroatoms. The Hall–Kier alpha value is -0.280. The lowest BCUT2D eigenvalue weighted by molar-refractivity contribution is 0.199. The number of rotatable bonds is 3. The summed E-state index contributed by atoms with van der Waals surface area (Å²) in [5.41, 5.74) is 0.581. The van der Waals surface area contributed by atoms with Crippen molar-refractivity contribution in [2.75, 3.05) is 18.0 Å². The van der Waals surface area contributed by atoms with Crippen LogP contribution in [-0.2, 0) is 0 Å². The molecule has 0 N–H and O–H groups in total. The molecule has 90 valence electrons. The van der Waals surface area contributed by atoms with E-state index >= 15 is 0 Å². The van der Waals surface area contributed by atoms with Crippen LogP contribution in [0.15, 0.2) is 5.38 Å². The molecule has 0 radical (unpaired) electrons. The lowest BCUT2D eigenvalue weighted by Crippen LogP contribution is -2.39. The van der Waals surface area contributed by atoms with Gasteiger partial charge in [-0.3, -0.25) is 0 Å². The van der Waals surface area contributed by atoms with Crippen LogP contribution in [0.5, 0.6) is 0 Å². The molecule has 2 rings (SSSR count). The third kappa shape index (κ3) is 2.35. The van der Waals surface area contributed by atoms with Crippen molar-refractivity contribution in [2.45, 2.75) is 39.5 Å². The van der Waals surface area contributed by atoms with Gasteiger partial charge in [-0.05, 0) is 18.3 Å². The Kier molecular flexibility index (Phi) is 3.75. The van der Waals surface area contributed by atoms with Gasteiger partial charge in [-0.25, -0.2) is 4.98 Å². The van der Waals surface area contributed by atoms with E-state index in [1.54, 1.807) is 11.3 Å². The van der Waals surface area contributed by atoms with E-state index in [2.05, 4.69) is 23.7 Å². The number of anilines is 1. The van der Waals surface area contributed by atoms with Gasteiger partial charge in [0.05, 0.1) is 0 Å². The first-order valence-corrected chi connectivity index (χ1v) is 7.31. The number of piperidine rings is 1. The molecule has 1 saturated heterocycles. The Morgan fingerprint density at radius 1 is 1.38 bits per heavy atom. The maximum atomic E-state index is 5.86. The fraction of sp³-hybridized carbons (Fsp3) is 0.750. The fourth-order valence-corrected chi connectivity index (χ4v) is 3.52. The maximum absolute atomic E-state index is 5.86. The highest BCUT2D eigenvalue weighted by Gasteiger charge is 2.31. The Morgan fingerprint density at radius 2 is 2.00 bits per heavy atom. The average Bonchev–Trinajstić information content (AvgIpc) is 2.76. The van der Waals surface area contributed by atoms with Gasteiger partial charge in [0.2, 0.25) is 0 Å². The van der Waals surface area contributed by atoms with Crippen LogP contribution < -0.4 is 4.90 Å². The topological polar surface area (TPSA) is 16.1 Å². The number of thiazole rings is 1. The Balaban J connectivity index is 1.99. The molecule has 0 atom stereocenters. The zero-order chi connectivity index (χ0) is 11.6. The molecule has 0 aromatic carbocycles. The molecule has 16 heavy (non-hydrogen) atoms. The minimum atomic E-state index is 0.581. The van der Waals surface area contributed by atoms with E-state index in [-0.39, 0.29) is 0 Å². The molecule has 1 aliphatic heterocycles. The standard InChI is InChI=1S/C12H19ClN2S/c1-3-12(4-2)5-7-15(8-6-12)11-14-10(13)9-16-11/h9H,3-8H2,1-2H3. The molecule has 2 heterocycles. The molecule has 0 spiro atoms. The first-order valence-electron chi connectivity index (χ1n) is 6.05. The minimum Gasteiger partial charge on any atom is -0.348 e. The SMILES string of the molecule is CCC1(CC)CCN(c2nc(Cl)cs2)CC1. The van der Waals surface area contributed by atoms with Crippen LogP contribution in [0.1, 0.15) is 39.5 Å².